The SMILES string of the molecule is CC(C)C[C@H](CN)CC(=O)Nc1ccccc1C#N. The molecule has 1 atom stereocenters. The Balaban J connectivity index is 2.62. The molecule has 3 N–H and O–H groups in total. The van der Waals surface area contributed by atoms with Crippen molar-refractivity contribution in [3.8, 4) is 6.07 Å². The first-order chi connectivity index (χ1) is 9.06. The molecule has 0 bridgehead atoms. The van der Waals surface area contributed by atoms with Crippen molar-refractivity contribution < 1.29 is 4.79 Å². The standard InChI is InChI=1S/C15H21N3O/c1-11(2)7-12(9-16)8-15(19)18-14-6-4-3-5-13(14)10-17/h3-6,11-12H,7-9,16H2,1-2H3,(H,18,19)/t12-/m0/s1. The fourth-order valence-corrected chi connectivity index (χ4v) is 2.08. The molecule has 1 amide bonds. The van der Waals surface area contributed by atoms with Gasteiger partial charge in [0.1, 0.15) is 6.07 Å². The number of anilines is 1. The molecule has 0 heterocycles. The summed E-state index contributed by atoms with van der Waals surface area (Å²) in [6.45, 7) is 4.74. The van der Waals surface area contributed by atoms with E-state index in [1.165, 1.54) is 0 Å². The Hall–Kier alpha value is -1.86. The third kappa shape index (κ3) is 5.11. The van der Waals surface area contributed by atoms with Crippen LogP contribution in [0.25, 0.3) is 0 Å². The molecule has 0 spiro atoms. The molecule has 1 aromatic rings. The molecule has 1 aromatic carbocycles. The van der Waals surface area contributed by atoms with E-state index in [4.69, 9.17) is 11.0 Å². The second-order valence-electron chi connectivity index (χ2n) is 5.14. The lowest BCUT2D eigenvalue weighted by atomic mass is 9.94. The van der Waals surface area contributed by atoms with E-state index in [0.717, 1.165) is 6.42 Å². The summed E-state index contributed by atoms with van der Waals surface area (Å²) in [5, 5.41) is 11.7. The van der Waals surface area contributed by atoms with E-state index < -0.39 is 0 Å². The topological polar surface area (TPSA) is 78.9 Å². The van der Waals surface area contributed by atoms with Crippen molar-refractivity contribution in [2.24, 2.45) is 17.6 Å². The highest BCUT2D eigenvalue weighted by Crippen LogP contribution is 2.17. The number of carbonyl (C=O) groups is 1. The van der Waals surface area contributed by atoms with Gasteiger partial charge in [-0.2, -0.15) is 5.26 Å². The van der Waals surface area contributed by atoms with Crippen LogP contribution in [0.4, 0.5) is 5.69 Å². The van der Waals surface area contributed by atoms with Gasteiger partial charge in [0.05, 0.1) is 11.3 Å². The number of nitrogens with two attached hydrogens (primary N) is 1. The predicted octanol–water partition coefficient (Wildman–Crippen LogP) is 2.51. The second kappa shape index (κ2) is 7.55. The van der Waals surface area contributed by atoms with E-state index in [-0.39, 0.29) is 11.8 Å². The number of nitriles is 1. The molecule has 19 heavy (non-hydrogen) atoms. The van der Waals surface area contributed by atoms with Gasteiger partial charge in [-0.1, -0.05) is 26.0 Å². The van der Waals surface area contributed by atoms with Gasteiger partial charge >= 0.3 is 0 Å². The maximum atomic E-state index is 12.0. The van der Waals surface area contributed by atoms with E-state index >= 15 is 0 Å². The fourth-order valence-electron chi connectivity index (χ4n) is 2.08. The van der Waals surface area contributed by atoms with E-state index in [0.29, 0.717) is 30.1 Å². The van der Waals surface area contributed by atoms with Crippen LogP contribution < -0.4 is 11.1 Å². The van der Waals surface area contributed by atoms with Gasteiger partial charge < -0.3 is 11.1 Å². The molecular formula is C15H21N3O. The van der Waals surface area contributed by atoms with Crippen LogP contribution in [0.15, 0.2) is 24.3 Å². The molecule has 1 rings (SSSR count). The largest absolute Gasteiger partial charge is 0.330 e. The van der Waals surface area contributed by atoms with Crippen molar-refractivity contribution in [3.63, 3.8) is 0 Å². The van der Waals surface area contributed by atoms with Gasteiger partial charge in [0.15, 0.2) is 0 Å². The highest BCUT2D eigenvalue weighted by Gasteiger charge is 2.15. The fraction of sp³-hybridized carbons (Fsp3) is 0.467. The molecule has 0 radical (unpaired) electrons. The molecule has 0 aliphatic heterocycles. The normalized spacial score (nSPS) is 11.9. The Bertz CT molecular complexity index is 463. The van der Waals surface area contributed by atoms with E-state index in [1.807, 2.05) is 0 Å². The van der Waals surface area contributed by atoms with E-state index in [1.54, 1.807) is 24.3 Å². The minimum atomic E-state index is -0.0844. The Labute approximate surface area is 114 Å². The van der Waals surface area contributed by atoms with Gasteiger partial charge in [0.2, 0.25) is 5.91 Å². The number of amides is 1. The summed E-state index contributed by atoms with van der Waals surface area (Å²) >= 11 is 0. The molecule has 0 saturated heterocycles. The average molecular weight is 259 g/mol. The predicted molar refractivity (Wildman–Crippen MR) is 76.4 cm³/mol. The minimum Gasteiger partial charge on any atom is -0.330 e. The number of nitrogens with one attached hydrogen (secondary N) is 1. The lowest BCUT2D eigenvalue weighted by Gasteiger charge is -2.16. The summed E-state index contributed by atoms with van der Waals surface area (Å²) < 4.78 is 0. The van der Waals surface area contributed by atoms with Crippen molar-refractivity contribution >= 4 is 11.6 Å². The summed E-state index contributed by atoms with van der Waals surface area (Å²) in [7, 11) is 0. The molecule has 0 unspecified atom stereocenters. The molecule has 0 aromatic heterocycles. The number of benzene rings is 1. The molecule has 0 fully saturated rings. The van der Waals surface area contributed by atoms with Gasteiger partial charge in [-0.25, -0.2) is 0 Å². The van der Waals surface area contributed by atoms with Crippen LogP contribution >= 0.6 is 0 Å². The van der Waals surface area contributed by atoms with Gasteiger partial charge in [-0.15, -0.1) is 0 Å². The third-order valence-corrected chi connectivity index (χ3v) is 2.93. The first kappa shape index (κ1) is 15.2. The van der Waals surface area contributed by atoms with E-state index in [9.17, 15) is 4.79 Å². The zero-order valence-electron chi connectivity index (χ0n) is 11.5. The summed E-state index contributed by atoms with van der Waals surface area (Å²) in [6, 6.07) is 9.05. The van der Waals surface area contributed by atoms with Crippen molar-refractivity contribution in [2.75, 3.05) is 11.9 Å². The van der Waals surface area contributed by atoms with Gasteiger partial charge in [0.25, 0.3) is 0 Å². The summed E-state index contributed by atoms with van der Waals surface area (Å²) in [4.78, 5) is 12.0. The van der Waals surface area contributed by atoms with Gasteiger partial charge in [-0.05, 0) is 36.9 Å². The molecule has 4 heteroatoms. The minimum absolute atomic E-state index is 0.0844. The maximum absolute atomic E-state index is 12.0. The van der Waals surface area contributed by atoms with Crippen LogP contribution in [0, 0.1) is 23.2 Å². The van der Waals surface area contributed by atoms with Crippen molar-refractivity contribution in [3.05, 3.63) is 29.8 Å². The van der Waals surface area contributed by atoms with Gasteiger partial charge in [-0.3, -0.25) is 4.79 Å². The number of hydrogen-bond acceptors (Lipinski definition) is 3. The lowest BCUT2D eigenvalue weighted by Crippen LogP contribution is -2.23. The van der Waals surface area contributed by atoms with Crippen LogP contribution in [0.5, 0.6) is 0 Å². The molecule has 0 aliphatic rings. The summed E-state index contributed by atoms with van der Waals surface area (Å²) in [5.41, 5.74) is 6.73. The van der Waals surface area contributed by atoms with Crippen molar-refractivity contribution in [1.29, 1.82) is 5.26 Å². The average Bonchev–Trinajstić information content (AvgIpc) is 2.38. The van der Waals surface area contributed by atoms with Crippen LogP contribution in [0.1, 0.15) is 32.3 Å². The number of nitrogens with zero attached hydrogens (tertiary/aromatic N) is 1. The Kier molecular flexibility index (Phi) is 6.04. The Morgan fingerprint density at radius 2 is 2.11 bits per heavy atom. The smallest absolute Gasteiger partial charge is 0.224 e. The number of rotatable bonds is 6. The quantitative estimate of drug-likeness (QED) is 0.823. The Morgan fingerprint density at radius 3 is 2.68 bits per heavy atom. The van der Waals surface area contributed by atoms with Crippen molar-refractivity contribution in [2.45, 2.75) is 26.7 Å². The zero-order chi connectivity index (χ0) is 14.3. The zero-order valence-corrected chi connectivity index (χ0v) is 11.5. The Morgan fingerprint density at radius 1 is 1.42 bits per heavy atom. The molecule has 0 saturated carbocycles. The molecule has 4 nitrogen and oxygen atoms in total. The first-order valence-electron chi connectivity index (χ1n) is 6.55. The summed E-state index contributed by atoms with van der Waals surface area (Å²) in [5.74, 6) is 0.626. The first-order valence-corrected chi connectivity index (χ1v) is 6.55. The molecular weight excluding hydrogens is 238 g/mol. The van der Waals surface area contributed by atoms with E-state index in [2.05, 4.69) is 25.2 Å². The lowest BCUT2D eigenvalue weighted by molar-refractivity contribution is -0.117. The van der Waals surface area contributed by atoms with Gasteiger partial charge in [0, 0.05) is 6.42 Å². The molecule has 0 aliphatic carbocycles. The van der Waals surface area contributed by atoms with Crippen molar-refractivity contribution in [1.82, 2.24) is 0 Å². The van der Waals surface area contributed by atoms with Crippen LogP contribution in [-0.2, 0) is 4.79 Å². The highest BCUT2D eigenvalue weighted by atomic mass is 16.1. The second-order valence-corrected chi connectivity index (χ2v) is 5.14. The maximum Gasteiger partial charge on any atom is 0.224 e. The van der Waals surface area contributed by atoms with Crippen LogP contribution in [0.2, 0.25) is 0 Å². The number of hydrogen-bond donors (Lipinski definition) is 2. The monoisotopic (exact) mass is 259 g/mol. The molecule has 102 valence electrons. The van der Waals surface area contributed by atoms with Crippen LogP contribution in [-0.4, -0.2) is 12.5 Å². The van der Waals surface area contributed by atoms with Crippen LogP contribution in [0.3, 0.4) is 0 Å². The number of carbonyl (C=O) groups excluding carboxylic acids is 1. The summed E-state index contributed by atoms with van der Waals surface area (Å²) in [6.07, 6.45) is 1.33. The number of para-hydroxylation sites is 1. The third-order valence-electron chi connectivity index (χ3n) is 2.93. The highest BCUT2D eigenvalue weighted by molar-refractivity contribution is 5.92.